The molecule has 1 aliphatic rings. The molecule has 1 fully saturated rings. The molecule has 2 heterocycles. The van der Waals surface area contributed by atoms with E-state index in [4.69, 9.17) is 20.7 Å². The molecule has 12 heteroatoms. The number of aromatic nitrogens is 1. The van der Waals surface area contributed by atoms with E-state index in [0.29, 0.717) is 47.0 Å². The van der Waals surface area contributed by atoms with Gasteiger partial charge in [-0.2, -0.15) is 5.26 Å². The number of hydrogen-bond donors (Lipinski definition) is 4. The number of ether oxygens (including phenoxy) is 2. The number of hydrogen-bond acceptors (Lipinski definition) is 10. The fraction of sp³-hybridized carbons (Fsp3) is 0.214. The molecule has 206 valence electrons. The molecular weight excluding hydrogens is 521 g/mol. The lowest BCUT2D eigenvalue weighted by Crippen LogP contribution is -2.40. The van der Waals surface area contributed by atoms with Crippen LogP contribution in [0, 0.1) is 17.1 Å². The van der Waals surface area contributed by atoms with Crippen molar-refractivity contribution >= 4 is 24.3 Å². The summed E-state index contributed by atoms with van der Waals surface area (Å²) in [7, 11) is 1.48. The Morgan fingerprint density at radius 2 is 1.95 bits per heavy atom. The summed E-state index contributed by atoms with van der Waals surface area (Å²) in [6.45, 7) is 1.35. The number of phenols is 1. The topological polar surface area (TPSA) is 171 Å². The maximum Gasteiger partial charge on any atom is 0.310 e. The largest absolute Gasteiger partial charge is 0.507 e. The molecule has 0 bridgehead atoms. The number of rotatable bonds is 8. The van der Waals surface area contributed by atoms with E-state index >= 15 is 0 Å². The number of phenolic OH excluding ortho intramolecular Hbond substituents is 1. The quantitative estimate of drug-likeness (QED) is 0.108. The number of nitriles is 1. The number of aromatic hydroxyl groups is 1. The fourth-order valence-electron chi connectivity index (χ4n) is 4.42. The van der Waals surface area contributed by atoms with Crippen LogP contribution in [0.3, 0.4) is 0 Å². The first kappa shape index (κ1) is 28.0. The van der Waals surface area contributed by atoms with Crippen LogP contribution >= 0.6 is 0 Å². The van der Waals surface area contributed by atoms with E-state index in [1.54, 1.807) is 24.3 Å². The van der Waals surface area contributed by atoms with Gasteiger partial charge in [0.15, 0.2) is 5.76 Å². The molecule has 40 heavy (non-hydrogen) atoms. The number of hydroxylamine groups is 1. The van der Waals surface area contributed by atoms with Crippen molar-refractivity contribution in [2.24, 2.45) is 5.73 Å². The zero-order valence-electron chi connectivity index (χ0n) is 21.4. The average Bonchev–Trinajstić information content (AvgIpc) is 2.97. The highest BCUT2D eigenvalue weighted by Crippen LogP contribution is 2.42. The van der Waals surface area contributed by atoms with Crippen molar-refractivity contribution in [2.45, 2.75) is 18.9 Å². The molecule has 1 aromatic heterocycles. The van der Waals surface area contributed by atoms with Crippen LogP contribution in [0.2, 0.25) is 0 Å². The number of pyridine rings is 1. The smallest absolute Gasteiger partial charge is 0.310 e. The van der Waals surface area contributed by atoms with Crippen LogP contribution in [0.1, 0.15) is 24.0 Å². The number of nitrogens with one attached hydrogen (secondary N) is 1. The Balaban J connectivity index is 1.89. The fourth-order valence-corrected chi connectivity index (χ4v) is 4.42. The van der Waals surface area contributed by atoms with Crippen LogP contribution in [0.25, 0.3) is 28.5 Å². The van der Waals surface area contributed by atoms with Gasteiger partial charge in [0.2, 0.25) is 0 Å². The maximum atomic E-state index is 14.7. The lowest BCUT2D eigenvalue weighted by molar-refractivity contribution is -0.135. The van der Waals surface area contributed by atoms with Gasteiger partial charge in [0.1, 0.15) is 29.2 Å². The Morgan fingerprint density at radius 1 is 1.23 bits per heavy atom. The first-order valence-electron chi connectivity index (χ1n) is 12.2. The summed E-state index contributed by atoms with van der Waals surface area (Å²) in [6, 6.07) is 12.2. The molecule has 2 aromatic carbocycles. The molecule has 0 spiro atoms. The highest BCUT2D eigenvalue weighted by Gasteiger charge is 2.24. The zero-order chi connectivity index (χ0) is 28.8. The number of nitrogens with zero attached hydrogens (tertiary/aromatic N) is 3. The second kappa shape index (κ2) is 12.2. The van der Waals surface area contributed by atoms with Crippen molar-refractivity contribution in [3.05, 3.63) is 65.2 Å². The van der Waals surface area contributed by atoms with E-state index in [0.717, 1.165) is 18.9 Å². The SMILES string of the molecule is COc1cc(N2CCC(N)CC2)nc(-c2ccc(C#N)c(F)c2)c1-c1ccc(/C=C(/OC=O)C(=O)NO)c(O)c1. The molecule has 0 aliphatic carbocycles. The van der Waals surface area contributed by atoms with Crippen molar-refractivity contribution in [1.82, 2.24) is 10.5 Å². The Labute approximate surface area is 228 Å². The summed E-state index contributed by atoms with van der Waals surface area (Å²) in [5.74, 6) is -1.67. The first-order chi connectivity index (χ1) is 19.3. The molecule has 1 amide bonds. The molecule has 0 saturated carbocycles. The van der Waals surface area contributed by atoms with E-state index in [2.05, 4.69) is 9.64 Å². The van der Waals surface area contributed by atoms with Gasteiger partial charge < -0.3 is 25.2 Å². The number of benzene rings is 2. The highest BCUT2D eigenvalue weighted by atomic mass is 19.1. The average molecular weight is 548 g/mol. The maximum absolute atomic E-state index is 14.7. The van der Waals surface area contributed by atoms with Crippen LogP contribution in [-0.2, 0) is 14.3 Å². The highest BCUT2D eigenvalue weighted by molar-refractivity contribution is 5.96. The first-order valence-corrected chi connectivity index (χ1v) is 12.2. The van der Waals surface area contributed by atoms with Gasteiger partial charge in [0.05, 0.1) is 23.9 Å². The minimum absolute atomic E-state index is 0.00356. The standard InChI is InChI=1S/C28H26FN5O6/c1-39-23-13-25(34-8-6-20(31)7-9-34)32-27(18-4-5-19(14-30)21(29)10-18)26(23)17-3-2-16(22(36)11-17)12-24(40-15-35)28(37)33-38/h2-5,10-13,15,20,36,38H,6-9,31H2,1H3,(H,33,37)/b24-12+. The van der Waals surface area contributed by atoms with Crippen LogP contribution in [0.5, 0.6) is 11.5 Å². The summed E-state index contributed by atoms with van der Waals surface area (Å²) in [5.41, 5.74) is 9.01. The predicted molar refractivity (Wildman–Crippen MR) is 142 cm³/mol. The van der Waals surface area contributed by atoms with E-state index in [1.165, 1.54) is 36.9 Å². The molecule has 0 unspecified atom stereocenters. The molecule has 1 saturated heterocycles. The normalized spacial score (nSPS) is 13.9. The van der Waals surface area contributed by atoms with E-state index in [-0.39, 0.29) is 29.4 Å². The van der Waals surface area contributed by atoms with Gasteiger partial charge in [-0.3, -0.25) is 14.8 Å². The molecule has 11 nitrogen and oxygen atoms in total. The molecule has 0 radical (unpaired) electrons. The number of nitrogens with two attached hydrogens (primary N) is 1. The van der Waals surface area contributed by atoms with Gasteiger partial charge in [0, 0.05) is 36.3 Å². The Hall–Kier alpha value is -4.99. The van der Waals surface area contributed by atoms with Gasteiger partial charge in [-0.1, -0.05) is 18.2 Å². The van der Waals surface area contributed by atoms with E-state index < -0.39 is 17.5 Å². The molecule has 5 N–H and O–H groups in total. The number of halogens is 1. The summed E-state index contributed by atoms with van der Waals surface area (Å²) < 4.78 is 25.0. The number of carbonyl (C=O) groups is 2. The number of amides is 1. The Bertz CT molecular complexity index is 1510. The Kier molecular flexibility index (Phi) is 8.58. The molecule has 0 atom stereocenters. The van der Waals surface area contributed by atoms with Crippen LogP contribution in [-0.4, -0.2) is 53.9 Å². The molecule has 3 aromatic rings. The summed E-state index contributed by atoms with van der Waals surface area (Å²) >= 11 is 0. The van der Waals surface area contributed by atoms with E-state index in [9.17, 15) is 24.3 Å². The van der Waals surface area contributed by atoms with Crippen molar-refractivity contribution in [2.75, 3.05) is 25.1 Å². The number of piperidine rings is 1. The molecule has 4 rings (SSSR count). The lowest BCUT2D eigenvalue weighted by atomic mass is 9.95. The van der Waals surface area contributed by atoms with Crippen LogP contribution < -0.4 is 20.9 Å². The van der Waals surface area contributed by atoms with Crippen molar-refractivity contribution in [3.63, 3.8) is 0 Å². The number of carbonyl (C=O) groups excluding carboxylic acids is 2. The summed E-state index contributed by atoms with van der Waals surface area (Å²) in [4.78, 5) is 29.4. The number of anilines is 1. The molecule has 1 aliphatic heterocycles. The predicted octanol–water partition coefficient (Wildman–Crippen LogP) is 3.09. The third-order valence-corrected chi connectivity index (χ3v) is 6.52. The van der Waals surface area contributed by atoms with E-state index in [1.807, 2.05) is 0 Å². The van der Waals surface area contributed by atoms with Gasteiger partial charge >= 0.3 is 5.91 Å². The Morgan fingerprint density at radius 3 is 2.55 bits per heavy atom. The second-order valence-electron chi connectivity index (χ2n) is 8.97. The minimum atomic E-state index is -1.10. The van der Waals surface area contributed by atoms with Gasteiger partial charge in [-0.25, -0.2) is 14.9 Å². The zero-order valence-corrected chi connectivity index (χ0v) is 21.4. The lowest BCUT2D eigenvalue weighted by Gasteiger charge is -2.32. The van der Waals surface area contributed by atoms with Gasteiger partial charge in [-0.05, 0) is 42.7 Å². The van der Waals surface area contributed by atoms with Crippen molar-refractivity contribution < 1.29 is 33.8 Å². The third kappa shape index (κ3) is 5.85. The second-order valence-corrected chi connectivity index (χ2v) is 8.97. The van der Waals surface area contributed by atoms with Crippen molar-refractivity contribution in [1.29, 1.82) is 5.26 Å². The molecular formula is C28H26FN5O6. The van der Waals surface area contributed by atoms with Gasteiger partial charge in [-0.15, -0.1) is 0 Å². The van der Waals surface area contributed by atoms with Gasteiger partial charge in [0.25, 0.3) is 6.47 Å². The monoisotopic (exact) mass is 547 g/mol. The summed E-state index contributed by atoms with van der Waals surface area (Å²) in [5, 5.41) is 28.9. The number of methoxy groups -OCH3 is 1. The minimum Gasteiger partial charge on any atom is -0.507 e. The van der Waals surface area contributed by atoms with Crippen molar-refractivity contribution in [3.8, 4) is 40.0 Å². The summed E-state index contributed by atoms with van der Waals surface area (Å²) in [6.07, 6.45) is 2.62. The van der Waals surface area contributed by atoms with Crippen LogP contribution in [0.4, 0.5) is 10.2 Å². The van der Waals surface area contributed by atoms with Crippen LogP contribution in [0.15, 0.2) is 48.2 Å². The third-order valence-electron chi connectivity index (χ3n) is 6.52.